The van der Waals surface area contributed by atoms with Crippen LogP contribution < -0.4 is 11.1 Å². The van der Waals surface area contributed by atoms with Crippen molar-refractivity contribution in [2.75, 3.05) is 11.1 Å². The molecule has 0 saturated heterocycles. The number of nitrogen functional groups attached to an aromatic ring is 1. The van der Waals surface area contributed by atoms with Gasteiger partial charge in [0.2, 0.25) is 0 Å². The fraction of sp³-hybridized carbons (Fsp3) is 0. The molecule has 0 saturated carbocycles. The highest BCUT2D eigenvalue weighted by molar-refractivity contribution is 6.02. The molecule has 1 amide bonds. The summed E-state index contributed by atoms with van der Waals surface area (Å²) in [6.45, 7) is 0. The van der Waals surface area contributed by atoms with Gasteiger partial charge in [-0.15, -0.1) is 0 Å². The molecule has 2 rings (SSSR count). The number of halogens is 2. The standard InChI is InChI=1S/C9H7F2N5O/c10-4-1-5(11)7(2-6(4)12)14-9(17)8-3-13-16-15-8/h1-3H,12H2,(H,14,17)(H,13,15,16). The van der Waals surface area contributed by atoms with E-state index in [4.69, 9.17) is 5.73 Å². The van der Waals surface area contributed by atoms with E-state index in [0.29, 0.717) is 6.07 Å². The van der Waals surface area contributed by atoms with Gasteiger partial charge in [-0.3, -0.25) is 4.79 Å². The van der Waals surface area contributed by atoms with Gasteiger partial charge in [-0.25, -0.2) is 8.78 Å². The Balaban J connectivity index is 2.25. The quantitative estimate of drug-likeness (QED) is 0.679. The fourth-order valence-corrected chi connectivity index (χ4v) is 1.16. The number of anilines is 2. The van der Waals surface area contributed by atoms with Crippen LogP contribution in [-0.2, 0) is 0 Å². The Morgan fingerprint density at radius 1 is 1.35 bits per heavy atom. The van der Waals surface area contributed by atoms with Gasteiger partial charge in [-0.2, -0.15) is 15.4 Å². The van der Waals surface area contributed by atoms with Gasteiger partial charge in [0.1, 0.15) is 11.6 Å². The number of H-pyrrole nitrogens is 1. The minimum absolute atomic E-state index is 0.0210. The Kier molecular flexibility index (Phi) is 2.69. The van der Waals surface area contributed by atoms with Gasteiger partial charge in [0.05, 0.1) is 17.6 Å². The van der Waals surface area contributed by atoms with Crippen molar-refractivity contribution in [3.8, 4) is 0 Å². The van der Waals surface area contributed by atoms with E-state index in [1.807, 2.05) is 0 Å². The molecule has 0 fully saturated rings. The van der Waals surface area contributed by atoms with Crippen LogP contribution in [0, 0.1) is 11.6 Å². The number of aromatic amines is 1. The van der Waals surface area contributed by atoms with Crippen LogP contribution in [0.3, 0.4) is 0 Å². The molecule has 0 unspecified atom stereocenters. The third-order valence-electron chi connectivity index (χ3n) is 1.98. The summed E-state index contributed by atoms with van der Waals surface area (Å²) in [6, 6.07) is 1.58. The zero-order chi connectivity index (χ0) is 12.4. The van der Waals surface area contributed by atoms with Gasteiger partial charge >= 0.3 is 0 Å². The van der Waals surface area contributed by atoms with E-state index in [-0.39, 0.29) is 17.1 Å². The fourth-order valence-electron chi connectivity index (χ4n) is 1.16. The maximum atomic E-state index is 13.3. The van der Waals surface area contributed by atoms with Crippen LogP contribution in [0.15, 0.2) is 18.3 Å². The molecule has 0 spiro atoms. The van der Waals surface area contributed by atoms with Gasteiger partial charge < -0.3 is 11.1 Å². The second kappa shape index (κ2) is 4.16. The number of amides is 1. The first-order valence-corrected chi connectivity index (χ1v) is 4.49. The molecule has 0 radical (unpaired) electrons. The Labute approximate surface area is 93.8 Å². The van der Waals surface area contributed by atoms with E-state index >= 15 is 0 Å². The summed E-state index contributed by atoms with van der Waals surface area (Å²) in [6.07, 6.45) is 1.17. The van der Waals surface area contributed by atoms with Crippen LogP contribution in [0.1, 0.15) is 10.5 Å². The van der Waals surface area contributed by atoms with Crippen LogP contribution in [0.25, 0.3) is 0 Å². The predicted molar refractivity (Wildman–Crippen MR) is 55.1 cm³/mol. The summed E-state index contributed by atoms with van der Waals surface area (Å²) < 4.78 is 26.1. The molecule has 6 nitrogen and oxygen atoms in total. The molecule has 0 aliphatic heterocycles. The van der Waals surface area contributed by atoms with Crippen molar-refractivity contribution in [1.29, 1.82) is 0 Å². The van der Waals surface area contributed by atoms with E-state index in [1.165, 1.54) is 6.20 Å². The molecule has 0 aliphatic carbocycles. The highest BCUT2D eigenvalue weighted by atomic mass is 19.1. The third kappa shape index (κ3) is 2.19. The molecule has 1 aromatic carbocycles. The molecule has 8 heteroatoms. The zero-order valence-corrected chi connectivity index (χ0v) is 8.37. The maximum absolute atomic E-state index is 13.3. The summed E-state index contributed by atoms with van der Waals surface area (Å²) in [5.41, 5.74) is 4.75. The molecule has 2 aromatic rings. The first-order chi connectivity index (χ1) is 8.08. The van der Waals surface area contributed by atoms with Crippen molar-refractivity contribution in [2.45, 2.75) is 0 Å². The number of hydrogen-bond donors (Lipinski definition) is 3. The van der Waals surface area contributed by atoms with E-state index < -0.39 is 17.5 Å². The summed E-state index contributed by atoms with van der Waals surface area (Å²) in [5, 5.41) is 11.4. The summed E-state index contributed by atoms with van der Waals surface area (Å²) in [5.74, 6) is -2.49. The highest BCUT2D eigenvalue weighted by Crippen LogP contribution is 2.21. The lowest BCUT2D eigenvalue weighted by Gasteiger charge is -2.06. The topological polar surface area (TPSA) is 96.7 Å². The summed E-state index contributed by atoms with van der Waals surface area (Å²) in [7, 11) is 0. The van der Waals surface area contributed by atoms with Crippen LogP contribution in [0.5, 0.6) is 0 Å². The van der Waals surface area contributed by atoms with E-state index in [0.717, 1.165) is 6.07 Å². The van der Waals surface area contributed by atoms with Gasteiger partial charge in [0.25, 0.3) is 5.91 Å². The van der Waals surface area contributed by atoms with Crippen molar-refractivity contribution in [1.82, 2.24) is 15.4 Å². The third-order valence-corrected chi connectivity index (χ3v) is 1.98. The normalized spacial score (nSPS) is 10.2. The minimum Gasteiger partial charge on any atom is -0.396 e. The number of carbonyl (C=O) groups excluding carboxylic acids is 1. The van der Waals surface area contributed by atoms with Crippen molar-refractivity contribution < 1.29 is 13.6 Å². The van der Waals surface area contributed by atoms with E-state index in [2.05, 4.69) is 20.7 Å². The SMILES string of the molecule is Nc1cc(NC(=O)c2cn[nH]n2)c(F)cc1F. The number of nitrogens with two attached hydrogens (primary N) is 1. The van der Waals surface area contributed by atoms with Gasteiger partial charge in [0, 0.05) is 6.07 Å². The Morgan fingerprint density at radius 2 is 2.12 bits per heavy atom. The van der Waals surface area contributed by atoms with Crippen molar-refractivity contribution in [3.05, 3.63) is 35.7 Å². The number of benzene rings is 1. The second-order valence-electron chi connectivity index (χ2n) is 3.16. The Hall–Kier alpha value is -2.51. The van der Waals surface area contributed by atoms with Crippen LogP contribution >= 0.6 is 0 Å². The Bertz CT molecular complexity index is 555. The van der Waals surface area contributed by atoms with Crippen LogP contribution in [0.4, 0.5) is 20.2 Å². The lowest BCUT2D eigenvalue weighted by Crippen LogP contribution is -2.14. The number of aromatic nitrogens is 3. The lowest BCUT2D eigenvalue weighted by molar-refractivity contribution is 0.102. The first kappa shape index (κ1) is 11.0. The largest absolute Gasteiger partial charge is 0.396 e. The molecule has 1 aromatic heterocycles. The number of rotatable bonds is 2. The van der Waals surface area contributed by atoms with Gasteiger partial charge in [-0.1, -0.05) is 0 Å². The maximum Gasteiger partial charge on any atom is 0.277 e. The zero-order valence-electron chi connectivity index (χ0n) is 8.37. The average Bonchev–Trinajstić information content (AvgIpc) is 2.79. The van der Waals surface area contributed by atoms with Crippen molar-refractivity contribution >= 4 is 17.3 Å². The molecule has 0 bridgehead atoms. The second-order valence-corrected chi connectivity index (χ2v) is 3.16. The average molecular weight is 239 g/mol. The van der Waals surface area contributed by atoms with Gasteiger partial charge in [-0.05, 0) is 6.07 Å². The van der Waals surface area contributed by atoms with Gasteiger partial charge in [0.15, 0.2) is 5.69 Å². The molecule has 1 heterocycles. The minimum atomic E-state index is -0.923. The van der Waals surface area contributed by atoms with Crippen molar-refractivity contribution in [3.63, 3.8) is 0 Å². The first-order valence-electron chi connectivity index (χ1n) is 4.49. The molecular weight excluding hydrogens is 232 g/mol. The number of nitrogens with zero attached hydrogens (tertiary/aromatic N) is 2. The monoisotopic (exact) mass is 239 g/mol. The van der Waals surface area contributed by atoms with Crippen LogP contribution in [-0.4, -0.2) is 21.3 Å². The Morgan fingerprint density at radius 3 is 2.76 bits per heavy atom. The van der Waals surface area contributed by atoms with E-state index in [9.17, 15) is 13.6 Å². The molecular formula is C9H7F2N5O. The lowest BCUT2D eigenvalue weighted by atomic mass is 10.2. The molecule has 17 heavy (non-hydrogen) atoms. The van der Waals surface area contributed by atoms with E-state index in [1.54, 1.807) is 0 Å². The molecule has 88 valence electrons. The molecule has 0 atom stereocenters. The summed E-state index contributed by atoms with van der Waals surface area (Å²) in [4.78, 5) is 11.5. The predicted octanol–water partition coefficient (Wildman–Crippen LogP) is 0.917. The summed E-state index contributed by atoms with van der Waals surface area (Å²) >= 11 is 0. The van der Waals surface area contributed by atoms with Crippen molar-refractivity contribution in [2.24, 2.45) is 0 Å². The number of hydrogen-bond acceptors (Lipinski definition) is 4. The molecule has 4 N–H and O–H groups in total. The highest BCUT2D eigenvalue weighted by Gasteiger charge is 2.13. The smallest absolute Gasteiger partial charge is 0.277 e. The number of nitrogens with one attached hydrogen (secondary N) is 2. The molecule has 0 aliphatic rings. The van der Waals surface area contributed by atoms with Crippen LogP contribution in [0.2, 0.25) is 0 Å². The number of carbonyl (C=O) groups is 1.